The fourth-order valence-corrected chi connectivity index (χ4v) is 2.08. The van der Waals surface area contributed by atoms with Gasteiger partial charge in [0.25, 0.3) is 0 Å². The molecule has 1 heterocycles. The summed E-state index contributed by atoms with van der Waals surface area (Å²) in [6.45, 7) is 7.38. The Bertz CT molecular complexity index is 387. The molecular weight excluding hydrogens is 248 g/mol. The second-order valence-corrected chi connectivity index (χ2v) is 5.98. The number of nitrogens with one attached hydrogen (secondary N) is 1. The van der Waals surface area contributed by atoms with Crippen LogP contribution in [0.4, 0.5) is 0 Å². The Morgan fingerprint density at radius 2 is 1.89 bits per heavy atom. The summed E-state index contributed by atoms with van der Waals surface area (Å²) in [7, 11) is 0. The Morgan fingerprint density at radius 1 is 1.32 bits per heavy atom. The molecule has 0 spiro atoms. The molecule has 0 bridgehead atoms. The maximum atomic E-state index is 12.2. The number of nitrogens with zero attached hydrogens (tertiary/aromatic N) is 1. The van der Waals surface area contributed by atoms with Crippen molar-refractivity contribution in [1.29, 1.82) is 0 Å². The summed E-state index contributed by atoms with van der Waals surface area (Å²) in [6.07, 6.45) is 1.35. The second kappa shape index (κ2) is 5.59. The fourth-order valence-electron chi connectivity index (χ4n) is 2.08. The van der Waals surface area contributed by atoms with Crippen molar-refractivity contribution < 1.29 is 19.5 Å². The molecule has 1 fully saturated rings. The van der Waals surface area contributed by atoms with E-state index >= 15 is 0 Å². The average molecular weight is 270 g/mol. The van der Waals surface area contributed by atoms with E-state index in [0.717, 1.165) is 6.42 Å². The maximum Gasteiger partial charge on any atom is 0.325 e. The van der Waals surface area contributed by atoms with Gasteiger partial charge >= 0.3 is 5.97 Å². The van der Waals surface area contributed by atoms with E-state index in [1.54, 1.807) is 4.90 Å². The van der Waals surface area contributed by atoms with Crippen LogP contribution >= 0.6 is 0 Å². The molecule has 19 heavy (non-hydrogen) atoms. The molecule has 2 unspecified atom stereocenters. The largest absolute Gasteiger partial charge is 0.480 e. The number of hydrogen-bond donors (Lipinski definition) is 2. The highest BCUT2D eigenvalue weighted by molar-refractivity contribution is 5.92. The smallest absolute Gasteiger partial charge is 0.325 e. The van der Waals surface area contributed by atoms with Gasteiger partial charge in [-0.3, -0.25) is 14.4 Å². The van der Waals surface area contributed by atoms with Crippen LogP contribution in [0.5, 0.6) is 0 Å². The topological polar surface area (TPSA) is 86.7 Å². The SMILES string of the molecule is CC(NC(=O)C1CCCN1C(=O)C(C)(C)C)C(=O)O. The Labute approximate surface area is 113 Å². The Morgan fingerprint density at radius 3 is 2.37 bits per heavy atom. The van der Waals surface area contributed by atoms with Crippen LogP contribution < -0.4 is 5.32 Å². The zero-order chi connectivity index (χ0) is 14.8. The Hall–Kier alpha value is -1.59. The van der Waals surface area contributed by atoms with E-state index in [9.17, 15) is 14.4 Å². The first kappa shape index (κ1) is 15.5. The summed E-state index contributed by atoms with van der Waals surface area (Å²) in [5.74, 6) is -1.54. The van der Waals surface area contributed by atoms with Crippen LogP contribution in [-0.2, 0) is 14.4 Å². The molecule has 0 aromatic carbocycles. The van der Waals surface area contributed by atoms with Crippen molar-refractivity contribution in [2.24, 2.45) is 5.41 Å². The highest BCUT2D eigenvalue weighted by Gasteiger charge is 2.39. The molecule has 1 saturated heterocycles. The van der Waals surface area contributed by atoms with Crippen molar-refractivity contribution in [2.45, 2.75) is 52.6 Å². The van der Waals surface area contributed by atoms with E-state index in [-0.39, 0.29) is 11.8 Å². The monoisotopic (exact) mass is 270 g/mol. The van der Waals surface area contributed by atoms with Crippen molar-refractivity contribution in [1.82, 2.24) is 10.2 Å². The highest BCUT2D eigenvalue weighted by atomic mass is 16.4. The first-order valence-electron chi connectivity index (χ1n) is 6.49. The summed E-state index contributed by atoms with van der Waals surface area (Å²) >= 11 is 0. The fraction of sp³-hybridized carbons (Fsp3) is 0.769. The highest BCUT2D eigenvalue weighted by Crippen LogP contribution is 2.25. The number of aliphatic carboxylic acids is 1. The molecule has 0 aliphatic carbocycles. The molecule has 1 aliphatic heterocycles. The number of carboxylic acid groups (broad SMARTS) is 1. The van der Waals surface area contributed by atoms with Crippen molar-refractivity contribution in [3.63, 3.8) is 0 Å². The van der Waals surface area contributed by atoms with Gasteiger partial charge in [0.2, 0.25) is 11.8 Å². The molecule has 108 valence electrons. The lowest BCUT2D eigenvalue weighted by Gasteiger charge is -2.30. The number of carboxylic acids is 1. The summed E-state index contributed by atoms with van der Waals surface area (Å²) in [5, 5.41) is 11.2. The van der Waals surface area contributed by atoms with Crippen LogP contribution in [0.25, 0.3) is 0 Å². The average Bonchev–Trinajstić information content (AvgIpc) is 2.74. The number of carbonyl (C=O) groups excluding carboxylic acids is 2. The van der Waals surface area contributed by atoms with Crippen LogP contribution in [0.2, 0.25) is 0 Å². The predicted octanol–water partition coefficient (Wildman–Crippen LogP) is 0.613. The van der Waals surface area contributed by atoms with Gasteiger partial charge in [-0.25, -0.2) is 0 Å². The van der Waals surface area contributed by atoms with Gasteiger partial charge in [-0.1, -0.05) is 20.8 Å². The molecule has 6 nitrogen and oxygen atoms in total. The van der Waals surface area contributed by atoms with Gasteiger partial charge in [0.1, 0.15) is 12.1 Å². The molecule has 2 amide bonds. The van der Waals surface area contributed by atoms with E-state index in [2.05, 4.69) is 5.32 Å². The van der Waals surface area contributed by atoms with Gasteiger partial charge in [0.05, 0.1) is 0 Å². The molecule has 0 aromatic rings. The van der Waals surface area contributed by atoms with E-state index in [0.29, 0.717) is 13.0 Å². The molecule has 6 heteroatoms. The van der Waals surface area contributed by atoms with Crippen LogP contribution in [-0.4, -0.2) is 46.4 Å². The molecule has 2 N–H and O–H groups in total. The van der Waals surface area contributed by atoms with Crippen LogP contribution in [0.3, 0.4) is 0 Å². The van der Waals surface area contributed by atoms with Crippen molar-refractivity contribution in [3.8, 4) is 0 Å². The third-order valence-corrected chi connectivity index (χ3v) is 3.19. The number of carbonyl (C=O) groups is 3. The number of likely N-dealkylation sites (tertiary alicyclic amines) is 1. The first-order chi connectivity index (χ1) is 8.64. The number of rotatable bonds is 3. The van der Waals surface area contributed by atoms with Gasteiger partial charge in [-0.2, -0.15) is 0 Å². The van der Waals surface area contributed by atoms with Crippen molar-refractivity contribution in [2.75, 3.05) is 6.54 Å². The minimum Gasteiger partial charge on any atom is -0.480 e. The lowest BCUT2D eigenvalue weighted by Crippen LogP contribution is -2.52. The normalized spacial score (nSPS) is 21.1. The van der Waals surface area contributed by atoms with Crippen LogP contribution in [0, 0.1) is 5.41 Å². The summed E-state index contributed by atoms with van der Waals surface area (Å²) in [6, 6.07) is -1.49. The van der Waals surface area contributed by atoms with E-state index in [1.807, 2.05) is 20.8 Å². The minimum atomic E-state index is -1.08. The quantitative estimate of drug-likeness (QED) is 0.786. The minimum absolute atomic E-state index is 0.0758. The van der Waals surface area contributed by atoms with Crippen molar-refractivity contribution >= 4 is 17.8 Å². The molecule has 0 aromatic heterocycles. The van der Waals surface area contributed by atoms with Gasteiger partial charge in [-0.05, 0) is 19.8 Å². The van der Waals surface area contributed by atoms with Gasteiger partial charge in [-0.15, -0.1) is 0 Å². The van der Waals surface area contributed by atoms with E-state index in [4.69, 9.17) is 5.11 Å². The van der Waals surface area contributed by atoms with Crippen molar-refractivity contribution in [3.05, 3.63) is 0 Å². The zero-order valence-corrected chi connectivity index (χ0v) is 11.9. The molecular formula is C13H22N2O4. The lowest BCUT2D eigenvalue weighted by atomic mass is 9.94. The molecule has 0 saturated carbocycles. The Balaban J connectivity index is 2.74. The van der Waals surface area contributed by atoms with Gasteiger partial charge < -0.3 is 15.3 Å². The predicted molar refractivity (Wildman–Crippen MR) is 69.4 cm³/mol. The maximum absolute atomic E-state index is 12.2. The van der Waals surface area contributed by atoms with Crippen LogP contribution in [0.15, 0.2) is 0 Å². The summed E-state index contributed by atoms with van der Waals surface area (Å²) < 4.78 is 0. The summed E-state index contributed by atoms with van der Waals surface area (Å²) in [5.41, 5.74) is -0.540. The third kappa shape index (κ3) is 3.68. The number of hydrogen-bond acceptors (Lipinski definition) is 3. The first-order valence-corrected chi connectivity index (χ1v) is 6.49. The summed E-state index contributed by atoms with van der Waals surface area (Å²) in [4.78, 5) is 36.6. The third-order valence-electron chi connectivity index (χ3n) is 3.19. The van der Waals surface area contributed by atoms with Gasteiger partial charge in [0, 0.05) is 12.0 Å². The standard InChI is InChI=1S/C13H22N2O4/c1-8(11(17)18)14-10(16)9-6-5-7-15(9)12(19)13(2,3)4/h8-9H,5-7H2,1-4H3,(H,14,16)(H,17,18). The molecule has 0 radical (unpaired) electrons. The molecule has 1 aliphatic rings. The lowest BCUT2D eigenvalue weighted by molar-refractivity contribution is -0.146. The van der Waals surface area contributed by atoms with Crippen LogP contribution in [0.1, 0.15) is 40.5 Å². The molecule has 2 atom stereocenters. The number of amides is 2. The second-order valence-electron chi connectivity index (χ2n) is 5.98. The van der Waals surface area contributed by atoms with E-state index in [1.165, 1.54) is 6.92 Å². The molecule has 1 rings (SSSR count). The zero-order valence-electron chi connectivity index (χ0n) is 11.9. The van der Waals surface area contributed by atoms with Gasteiger partial charge in [0.15, 0.2) is 0 Å². The van der Waals surface area contributed by atoms with E-state index < -0.39 is 23.5 Å². The Kier molecular flexibility index (Phi) is 4.55.